The standard InChI is InChI=1S/C18H29N3O2/c1-11(2)17(19)18(23)20-10-16(22)21-14(5)9-15-7-6-12(3)8-13(15)4/h6-8,11,14,17H,9-10,19H2,1-5H3,(H,20,23)(H,21,22)/t14?,17-/m0/s1. The Labute approximate surface area is 139 Å². The third-order valence-electron chi connectivity index (χ3n) is 3.88. The van der Waals surface area contributed by atoms with Gasteiger partial charge in [0, 0.05) is 6.04 Å². The van der Waals surface area contributed by atoms with Crippen molar-refractivity contribution in [1.29, 1.82) is 0 Å². The molecule has 0 aromatic heterocycles. The second-order valence-electron chi connectivity index (χ2n) is 6.59. The summed E-state index contributed by atoms with van der Waals surface area (Å²) >= 11 is 0. The number of amides is 2. The van der Waals surface area contributed by atoms with Gasteiger partial charge in [0.25, 0.3) is 0 Å². The number of carbonyl (C=O) groups excluding carboxylic acids is 2. The number of aryl methyl sites for hydroxylation is 2. The highest BCUT2D eigenvalue weighted by Gasteiger charge is 2.18. The van der Waals surface area contributed by atoms with Gasteiger partial charge < -0.3 is 16.4 Å². The summed E-state index contributed by atoms with van der Waals surface area (Å²) in [5, 5.41) is 5.47. The molecule has 1 unspecified atom stereocenters. The van der Waals surface area contributed by atoms with Crippen molar-refractivity contribution in [2.24, 2.45) is 11.7 Å². The summed E-state index contributed by atoms with van der Waals surface area (Å²) in [6, 6.07) is 5.72. The Balaban J connectivity index is 2.43. The van der Waals surface area contributed by atoms with Gasteiger partial charge in [0.15, 0.2) is 0 Å². The highest BCUT2D eigenvalue weighted by Crippen LogP contribution is 2.12. The minimum absolute atomic E-state index is 0.000389. The van der Waals surface area contributed by atoms with Crippen molar-refractivity contribution in [2.75, 3.05) is 6.54 Å². The highest BCUT2D eigenvalue weighted by molar-refractivity contribution is 5.87. The van der Waals surface area contributed by atoms with Gasteiger partial charge in [-0.2, -0.15) is 0 Å². The Hall–Kier alpha value is -1.88. The summed E-state index contributed by atoms with van der Waals surface area (Å²) < 4.78 is 0. The quantitative estimate of drug-likeness (QED) is 0.711. The van der Waals surface area contributed by atoms with Crippen molar-refractivity contribution < 1.29 is 9.59 Å². The Bertz CT molecular complexity index is 555. The van der Waals surface area contributed by atoms with Crippen molar-refractivity contribution in [3.8, 4) is 0 Å². The van der Waals surface area contributed by atoms with Gasteiger partial charge in [-0.05, 0) is 44.2 Å². The van der Waals surface area contributed by atoms with Crippen molar-refractivity contribution in [1.82, 2.24) is 10.6 Å². The van der Waals surface area contributed by atoms with Gasteiger partial charge in [0.1, 0.15) is 0 Å². The zero-order valence-electron chi connectivity index (χ0n) is 14.8. The Kier molecular flexibility index (Phi) is 7.23. The fourth-order valence-electron chi connectivity index (χ4n) is 2.37. The van der Waals surface area contributed by atoms with Gasteiger partial charge in [-0.25, -0.2) is 0 Å². The summed E-state index contributed by atoms with van der Waals surface area (Å²) in [5.74, 6) is -0.453. The van der Waals surface area contributed by atoms with Crippen LogP contribution in [0.5, 0.6) is 0 Å². The lowest BCUT2D eigenvalue weighted by atomic mass is 10.00. The third kappa shape index (κ3) is 6.40. The van der Waals surface area contributed by atoms with Gasteiger partial charge in [-0.15, -0.1) is 0 Å². The third-order valence-corrected chi connectivity index (χ3v) is 3.88. The fraction of sp³-hybridized carbons (Fsp3) is 0.556. The van der Waals surface area contributed by atoms with Crippen molar-refractivity contribution in [3.63, 3.8) is 0 Å². The number of benzene rings is 1. The van der Waals surface area contributed by atoms with E-state index >= 15 is 0 Å². The number of nitrogens with two attached hydrogens (primary N) is 1. The SMILES string of the molecule is Cc1ccc(CC(C)NC(=O)CNC(=O)[C@@H](N)C(C)C)c(C)c1. The van der Waals surface area contributed by atoms with E-state index in [0.29, 0.717) is 0 Å². The van der Waals surface area contributed by atoms with Crippen LogP contribution in [-0.4, -0.2) is 30.4 Å². The van der Waals surface area contributed by atoms with Crippen molar-refractivity contribution in [3.05, 3.63) is 34.9 Å². The average molecular weight is 319 g/mol. The zero-order valence-corrected chi connectivity index (χ0v) is 14.8. The van der Waals surface area contributed by atoms with E-state index in [1.165, 1.54) is 16.7 Å². The molecule has 0 fully saturated rings. The smallest absolute Gasteiger partial charge is 0.239 e. The molecule has 5 heteroatoms. The van der Waals surface area contributed by atoms with Crippen LogP contribution in [0.3, 0.4) is 0 Å². The Morgan fingerprint density at radius 2 is 1.83 bits per heavy atom. The van der Waals surface area contributed by atoms with E-state index in [0.717, 1.165) is 6.42 Å². The molecule has 1 aromatic carbocycles. The van der Waals surface area contributed by atoms with E-state index in [-0.39, 0.29) is 30.3 Å². The first-order valence-corrected chi connectivity index (χ1v) is 8.09. The first kappa shape index (κ1) is 19.2. The summed E-state index contributed by atoms with van der Waals surface area (Å²) in [7, 11) is 0. The highest BCUT2D eigenvalue weighted by atomic mass is 16.2. The van der Waals surface area contributed by atoms with E-state index in [1.807, 2.05) is 20.8 Å². The molecule has 0 aliphatic heterocycles. The maximum atomic E-state index is 11.9. The number of hydrogen-bond donors (Lipinski definition) is 3. The summed E-state index contributed by atoms with van der Waals surface area (Å²) in [6.07, 6.45) is 0.761. The number of nitrogens with one attached hydrogen (secondary N) is 2. The maximum Gasteiger partial charge on any atom is 0.239 e. The molecule has 0 radical (unpaired) electrons. The minimum atomic E-state index is -0.588. The molecule has 0 saturated carbocycles. The monoisotopic (exact) mass is 319 g/mol. The molecule has 0 bridgehead atoms. The van der Waals surface area contributed by atoms with Crippen LogP contribution in [-0.2, 0) is 16.0 Å². The molecular weight excluding hydrogens is 290 g/mol. The molecule has 1 aromatic rings. The van der Waals surface area contributed by atoms with Crippen LogP contribution in [0.25, 0.3) is 0 Å². The predicted octanol–water partition coefficient (Wildman–Crippen LogP) is 1.45. The van der Waals surface area contributed by atoms with E-state index < -0.39 is 6.04 Å². The molecule has 0 saturated heterocycles. The van der Waals surface area contributed by atoms with E-state index in [1.54, 1.807) is 0 Å². The molecule has 0 aliphatic carbocycles. The maximum absolute atomic E-state index is 11.9. The van der Waals surface area contributed by atoms with Gasteiger partial charge in [-0.3, -0.25) is 9.59 Å². The number of hydrogen-bond acceptors (Lipinski definition) is 3. The van der Waals surface area contributed by atoms with Crippen LogP contribution in [0.15, 0.2) is 18.2 Å². The molecule has 2 amide bonds. The molecule has 128 valence electrons. The first-order valence-electron chi connectivity index (χ1n) is 8.09. The van der Waals surface area contributed by atoms with Gasteiger partial charge >= 0.3 is 0 Å². The van der Waals surface area contributed by atoms with Crippen molar-refractivity contribution in [2.45, 2.75) is 53.1 Å². The zero-order chi connectivity index (χ0) is 17.6. The minimum Gasteiger partial charge on any atom is -0.352 e. The first-order chi connectivity index (χ1) is 10.7. The number of carbonyl (C=O) groups is 2. The summed E-state index contributed by atoms with van der Waals surface area (Å²) in [5.41, 5.74) is 9.40. The molecule has 5 nitrogen and oxygen atoms in total. The number of rotatable bonds is 7. The molecule has 0 spiro atoms. The molecule has 23 heavy (non-hydrogen) atoms. The van der Waals surface area contributed by atoms with Gasteiger partial charge in [0.05, 0.1) is 12.6 Å². The van der Waals surface area contributed by atoms with Gasteiger partial charge in [0.2, 0.25) is 11.8 Å². The largest absolute Gasteiger partial charge is 0.352 e. The molecule has 1 rings (SSSR count). The van der Waals surface area contributed by atoms with Gasteiger partial charge in [-0.1, -0.05) is 37.6 Å². The van der Waals surface area contributed by atoms with Crippen LogP contribution in [0.2, 0.25) is 0 Å². The normalized spacial score (nSPS) is 13.5. The average Bonchev–Trinajstić information content (AvgIpc) is 2.46. The second-order valence-corrected chi connectivity index (χ2v) is 6.59. The van der Waals surface area contributed by atoms with Crippen LogP contribution < -0.4 is 16.4 Å². The molecule has 4 N–H and O–H groups in total. The summed E-state index contributed by atoms with van der Waals surface area (Å²) in [4.78, 5) is 23.6. The lowest BCUT2D eigenvalue weighted by Crippen LogP contribution is -2.48. The van der Waals surface area contributed by atoms with Crippen LogP contribution in [0, 0.1) is 19.8 Å². The van der Waals surface area contributed by atoms with E-state index in [9.17, 15) is 9.59 Å². The van der Waals surface area contributed by atoms with E-state index in [2.05, 4.69) is 42.7 Å². The van der Waals surface area contributed by atoms with Crippen LogP contribution in [0.1, 0.15) is 37.5 Å². The molecule has 2 atom stereocenters. The lowest BCUT2D eigenvalue weighted by molar-refractivity contribution is -0.127. The molecule has 0 heterocycles. The topological polar surface area (TPSA) is 84.2 Å². The van der Waals surface area contributed by atoms with E-state index in [4.69, 9.17) is 5.73 Å². The van der Waals surface area contributed by atoms with Crippen molar-refractivity contribution >= 4 is 11.8 Å². The lowest BCUT2D eigenvalue weighted by Gasteiger charge is -2.18. The predicted molar refractivity (Wildman–Crippen MR) is 93.0 cm³/mol. The Morgan fingerprint density at radius 1 is 1.17 bits per heavy atom. The summed E-state index contributed by atoms with van der Waals surface area (Å²) in [6.45, 7) is 9.79. The van der Waals surface area contributed by atoms with Crippen LogP contribution >= 0.6 is 0 Å². The molecular formula is C18H29N3O2. The fourth-order valence-corrected chi connectivity index (χ4v) is 2.37. The molecule has 0 aliphatic rings. The second kappa shape index (κ2) is 8.67. The Morgan fingerprint density at radius 3 is 2.39 bits per heavy atom. The van der Waals surface area contributed by atoms with Crippen LogP contribution in [0.4, 0.5) is 0 Å².